The molecule has 3 nitrogen and oxygen atoms in total. The Hall–Kier alpha value is -4.47. The number of hydrogen-bond acceptors (Lipinski definition) is 3. The van der Waals surface area contributed by atoms with E-state index in [4.69, 9.17) is 21.6 Å². The van der Waals surface area contributed by atoms with E-state index in [1.807, 2.05) is 12.1 Å². The van der Waals surface area contributed by atoms with Crippen LogP contribution in [-0.2, 0) is 0 Å². The Morgan fingerprint density at radius 1 is 0.514 bits per heavy atom. The van der Waals surface area contributed by atoms with Crippen molar-refractivity contribution in [3.8, 4) is 0 Å². The summed E-state index contributed by atoms with van der Waals surface area (Å²) in [5, 5.41) is 11.1. The maximum atomic E-state index is 6.43. The largest absolute Gasteiger partial charge is 0.324 e. The van der Waals surface area contributed by atoms with Gasteiger partial charge in [0.2, 0.25) is 0 Å². The number of rotatable bonds is 3. The quantitative estimate of drug-likeness (QED) is 0.263. The van der Waals surface area contributed by atoms with Gasteiger partial charge < -0.3 is 5.32 Å². The second-order valence-electron chi connectivity index (χ2n) is 9.30. The van der Waals surface area contributed by atoms with Gasteiger partial charge in [-0.15, -0.1) is 0 Å². The number of hydrogen-bond donors (Lipinski definition) is 1. The molecule has 1 aliphatic heterocycles. The molecule has 6 aromatic carbocycles. The molecule has 37 heavy (non-hydrogen) atoms. The van der Waals surface area contributed by atoms with Crippen LogP contribution in [0.5, 0.6) is 0 Å². The number of halogens is 1. The molecule has 0 saturated carbocycles. The van der Waals surface area contributed by atoms with Gasteiger partial charge in [-0.1, -0.05) is 109 Å². The van der Waals surface area contributed by atoms with Crippen LogP contribution in [0.3, 0.4) is 0 Å². The van der Waals surface area contributed by atoms with E-state index in [9.17, 15) is 0 Å². The number of fused-ring (bicyclic) bond motifs is 3. The fourth-order valence-electron chi connectivity index (χ4n) is 4.99. The Bertz CT molecular complexity index is 1890. The van der Waals surface area contributed by atoms with Crippen molar-refractivity contribution in [1.82, 2.24) is 5.32 Å². The van der Waals surface area contributed by atoms with Crippen molar-refractivity contribution in [2.24, 2.45) is 9.98 Å². The van der Waals surface area contributed by atoms with Gasteiger partial charge in [0.05, 0.1) is 0 Å². The van der Waals surface area contributed by atoms with Crippen LogP contribution < -0.4 is 5.32 Å². The van der Waals surface area contributed by atoms with Gasteiger partial charge in [-0.05, 0) is 56.8 Å². The molecule has 0 aromatic heterocycles. The van der Waals surface area contributed by atoms with Crippen LogP contribution >= 0.6 is 11.6 Å². The first kappa shape index (κ1) is 21.8. The normalized spacial score (nSPS) is 15.4. The van der Waals surface area contributed by atoms with Crippen LogP contribution in [-0.4, -0.2) is 11.7 Å². The van der Waals surface area contributed by atoms with E-state index in [1.54, 1.807) is 0 Å². The molecule has 4 heteroatoms. The van der Waals surface area contributed by atoms with Crippen molar-refractivity contribution >= 4 is 55.6 Å². The summed E-state index contributed by atoms with van der Waals surface area (Å²) in [6.45, 7) is 0. The van der Waals surface area contributed by atoms with Crippen LogP contribution in [0.25, 0.3) is 32.3 Å². The van der Waals surface area contributed by atoms with Crippen LogP contribution in [0.4, 0.5) is 0 Å². The summed E-state index contributed by atoms with van der Waals surface area (Å²) in [5.41, 5.74) is 3.08. The molecular weight excluding hydrogens is 474 g/mol. The van der Waals surface area contributed by atoms with Crippen LogP contribution in [0.15, 0.2) is 131 Å². The molecule has 0 bridgehead atoms. The van der Waals surface area contributed by atoms with Crippen molar-refractivity contribution in [3.05, 3.63) is 143 Å². The summed E-state index contributed by atoms with van der Waals surface area (Å²) < 4.78 is 0. The summed E-state index contributed by atoms with van der Waals surface area (Å²) in [5.74, 6) is 1.60. The summed E-state index contributed by atoms with van der Waals surface area (Å²) in [7, 11) is 0. The molecule has 7 rings (SSSR count). The van der Waals surface area contributed by atoms with E-state index < -0.39 is 0 Å². The van der Waals surface area contributed by atoms with Gasteiger partial charge in [0.1, 0.15) is 11.7 Å². The lowest BCUT2D eigenvalue weighted by Gasteiger charge is -2.23. The Kier molecular flexibility index (Phi) is 5.23. The topological polar surface area (TPSA) is 36.8 Å². The Labute approximate surface area is 219 Å². The molecule has 1 N–H and O–H groups in total. The van der Waals surface area contributed by atoms with Crippen LogP contribution in [0.1, 0.15) is 22.9 Å². The minimum absolute atomic E-state index is 0.364. The fraction of sp³-hybridized carbons (Fsp3) is 0.0303. The first-order valence-electron chi connectivity index (χ1n) is 12.3. The van der Waals surface area contributed by atoms with Gasteiger partial charge in [-0.2, -0.15) is 0 Å². The van der Waals surface area contributed by atoms with Gasteiger partial charge in [0.15, 0.2) is 6.17 Å². The number of amidine groups is 2. The third-order valence-electron chi connectivity index (χ3n) is 6.93. The van der Waals surface area contributed by atoms with E-state index in [1.165, 1.54) is 21.5 Å². The average molecular weight is 496 g/mol. The molecule has 1 unspecified atom stereocenters. The SMILES string of the molecule is Clc1cccc2cc(C3=NC(c4ccc5ccccc5c4)N=C(c4ccc5ccccc5c4)N3)ccc12. The molecule has 1 heterocycles. The van der Waals surface area contributed by atoms with Crippen molar-refractivity contribution in [1.29, 1.82) is 0 Å². The van der Waals surface area contributed by atoms with E-state index in [-0.39, 0.29) is 6.17 Å². The zero-order valence-corrected chi connectivity index (χ0v) is 20.7. The van der Waals surface area contributed by atoms with E-state index >= 15 is 0 Å². The first-order chi connectivity index (χ1) is 18.2. The van der Waals surface area contributed by atoms with Gasteiger partial charge in [0.25, 0.3) is 0 Å². The highest BCUT2D eigenvalue weighted by Crippen LogP contribution is 2.29. The highest BCUT2D eigenvalue weighted by atomic mass is 35.5. The molecule has 6 aromatic rings. The summed E-state index contributed by atoms with van der Waals surface area (Å²) >= 11 is 6.43. The highest BCUT2D eigenvalue weighted by molar-refractivity contribution is 6.35. The maximum absolute atomic E-state index is 6.43. The molecule has 0 fully saturated rings. The predicted molar refractivity (Wildman–Crippen MR) is 156 cm³/mol. The lowest BCUT2D eigenvalue weighted by molar-refractivity contribution is 0.757. The van der Waals surface area contributed by atoms with Crippen LogP contribution in [0, 0.1) is 0 Å². The Balaban J connectivity index is 1.37. The summed E-state index contributed by atoms with van der Waals surface area (Å²) in [4.78, 5) is 10.2. The minimum Gasteiger partial charge on any atom is -0.324 e. The molecule has 1 atom stereocenters. The van der Waals surface area contributed by atoms with Gasteiger partial charge in [-0.3, -0.25) is 0 Å². The monoisotopic (exact) mass is 495 g/mol. The first-order valence-corrected chi connectivity index (χ1v) is 12.7. The van der Waals surface area contributed by atoms with Crippen molar-refractivity contribution in [2.45, 2.75) is 6.17 Å². The van der Waals surface area contributed by atoms with E-state index in [0.29, 0.717) is 0 Å². The van der Waals surface area contributed by atoms with Gasteiger partial charge in [-0.25, -0.2) is 9.98 Å². The van der Waals surface area contributed by atoms with Gasteiger partial charge >= 0.3 is 0 Å². The maximum Gasteiger partial charge on any atom is 0.169 e. The third-order valence-corrected chi connectivity index (χ3v) is 7.26. The molecule has 0 saturated heterocycles. The lowest BCUT2D eigenvalue weighted by atomic mass is 10.0. The molecular formula is C33H22ClN3. The molecule has 0 aliphatic carbocycles. The number of benzene rings is 6. The van der Waals surface area contributed by atoms with Gasteiger partial charge in [0, 0.05) is 21.5 Å². The van der Waals surface area contributed by atoms with E-state index in [2.05, 4.69) is 115 Å². The smallest absolute Gasteiger partial charge is 0.169 e. The second-order valence-corrected chi connectivity index (χ2v) is 9.71. The summed E-state index contributed by atoms with van der Waals surface area (Å²) in [6, 6.07) is 41.9. The zero-order valence-electron chi connectivity index (χ0n) is 19.9. The van der Waals surface area contributed by atoms with Crippen molar-refractivity contribution in [3.63, 3.8) is 0 Å². The number of aliphatic imine (C=N–C) groups is 2. The molecule has 176 valence electrons. The second kappa shape index (κ2) is 8.88. The minimum atomic E-state index is -0.364. The standard InChI is InChI=1S/C33H22ClN3/c34-30-11-5-10-25-20-28(16-17-29(25)30)33-36-31(26-14-12-21-6-1-3-8-23(21)18-26)35-32(37-33)27-15-13-22-7-2-4-9-24(22)19-27/h1-20,31H,(H,35,36,37). The molecule has 1 aliphatic rings. The molecule has 0 spiro atoms. The Morgan fingerprint density at radius 2 is 1.08 bits per heavy atom. The van der Waals surface area contributed by atoms with Crippen LogP contribution in [0.2, 0.25) is 5.02 Å². The Morgan fingerprint density at radius 3 is 1.81 bits per heavy atom. The molecule has 0 radical (unpaired) electrons. The average Bonchev–Trinajstić information content (AvgIpc) is 2.96. The van der Waals surface area contributed by atoms with Crippen molar-refractivity contribution < 1.29 is 0 Å². The third kappa shape index (κ3) is 4.04. The highest BCUT2D eigenvalue weighted by Gasteiger charge is 2.21. The lowest BCUT2D eigenvalue weighted by Crippen LogP contribution is -2.36. The number of nitrogens with zero attached hydrogens (tertiary/aromatic N) is 2. The summed E-state index contributed by atoms with van der Waals surface area (Å²) in [6.07, 6.45) is -0.364. The van der Waals surface area contributed by atoms with Crippen molar-refractivity contribution in [2.75, 3.05) is 0 Å². The number of nitrogens with one attached hydrogen (secondary N) is 1. The zero-order chi connectivity index (χ0) is 24.8. The van der Waals surface area contributed by atoms with E-state index in [0.717, 1.165) is 44.2 Å². The predicted octanol–water partition coefficient (Wildman–Crippen LogP) is 8.30. The fourth-order valence-corrected chi connectivity index (χ4v) is 5.23. The molecule has 0 amide bonds.